The molecule has 0 spiro atoms. The Morgan fingerprint density at radius 1 is 1.25 bits per heavy atom. The molecule has 20 heavy (non-hydrogen) atoms. The van der Waals surface area contributed by atoms with Gasteiger partial charge in [0.25, 0.3) is 0 Å². The molecule has 0 radical (unpaired) electrons. The van der Waals surface area contributed by atoms with Crippen molar-refractivity contribution in [1.82, 2.24) is 25.0 Å². The molecular formula is C12H10N6O2. The van der Waals surface area contributed by atoms with Gasteiger partial charge < -0.3 is 10.0 Å². The van der Waals surface area contributed by atoms with Gasteiger partial charge in [0, 0.05) is 12.7 Å². The van der Waals surface area contributed by atoms with Crippen LogP contribution in [0.4, 0.5) is 11.5 Å². The van der Waals surface area contributed by atoms with Gasteiger partial charge in [-0.05, 0) is 34.7 Å². The Balaban J connectivity index is 2.01. The van der Waals surface area contributed by atoms with Crippen LogP contribution in [0, 0.1) is 0 Å². The summed E-state index contributed by atoms with van der Waals surface area (Å²) >= 11 is 0. The first-order valence-corrected chi connectivity index (χ1v) is 5.76. The number of hydrogen-bond acceptors (Lipinski definition) is 6. The highest BCUT2D eigenvalue weighted by molar-refractivity contribution is 5.88. The number of anilines is 2. The van der Waals surface area contributed by atoms with E-state index in [0.717, 1.165) is 5.69 Å². The van der Waals surface area contributed by atoms with E-state index in [9.17, 15) is 4.79 Å². The Morgan fingerprint density at radius 3 is 2.70 bits per heavy atom. The monoisotopic (exact) mass is 270 g/mol. The minimum absolute atomic E-state index is 0.237. The maximum atomic E-state index is 10.8. The van der Waals surface area contributed by atoms with Crippen LogP contribution in [0.1, 0.15) is 10.4 Å². The molecule has 1 N–H and O–H groups in total. The number of carboxylic acid groups (broad SMARTS) is 1. The largest absolute Gasteiger partial charge is 0.478 e. The highest BCUT2D eigenvalue weighted by Gasteiger charge is 2.11. The average Bonchev–Trinajstić information content (AvgIpc) is 2.95. The van der Waals surface area contributed by atoms with E-state index >= 15 is 0 Å². The van der Waals surface area contributed by atoms with Crippen LogP contribution in [0.3, 0.4) is 0 Å². The highest BCUT2D eigenvalue weighted by atomic mass is 16.4. The number of tetrazole rings is 1. The van der Waals surface area contributed by atoms with E-state index in [-0.39, 0.29) is 5.56 Å². The number of hydrogen-bond donors (Lipinski definition) is 1. The molecule has 2 heterocycles. The van der Waals surface area contributed by atoms with Crippen LogP contribution >= 0.6 is 0 Å². The van der Waals surface area contributed by atoms with Crippen molar-refractivity contribution in [1.29, 1.82) is 0 Å². The lowest BCUT2D eigenvalue weighted by Crippen LogP contribution is -2.14. The lowest BCUT2D eigenvalue weighted by atomic mass is 10.2. The van der Waals surface area contributed by atoms with Crippen LogP contribution in [0.15, 0.2) is 36.7 Å². The molecule has 0 atom stereocenters. The van der Waals surface area contributed by atoms with E-state index in [1.165, 1.54) is 0 Å². The normalized spacial score (nSPS) is 10.7. The lowest BCUT2D eigenvalue weighted by Gasteiger charge is -2.19. The molecule has 2 aromatic heterocycles. The minimum Gasteiger partial charge on any atom is -0.478 e. The van der Waals surface area contributed by atoms with Crippen LogP contribution in [0.25, 0.3) is 5.65 Å². The van der Waals surface area contributed by atoms with Crippen LogP contribution in [-0.4, -0.2) is 43.1 Å². The number of carbonyl (C=O) groups is 1. The second-order valence-corrected chi connectivity index (χ2v) is 4.13. The fourth-order valence-electron chi connectivity index (χ4n) is 1.85. The van der Waals surface area contributed by atoms with Gasteiger partial charge >= 0.3 is 5.97 Å². The Hall–Kier alpha value is -3.03. The molecule has 1 aromatic carbocycles. The molecule has 8 heteroatoms. The third-order valence-corrected chi connectivity index (χ3v) is 2.94. The Labute approximate surface area is 113 Å². The Kier molecular flexibility index (Phi) is 2.75. The standard InChI is InChI=1S/C12H10N6O2/c1-17(9-4-2-8(3-5-9)12(19)20)11-7-13-6-10-14-15-16-18(10)11/h2-7H,1H3,(H,19,20). The number of aromatic carboxylic acids is 1. The third kappa shape index (κ3) is 1.92. The Morgan fingerprint density at radius 2 is 2.00 bits per heavy atom. The summed E-state index contributed by atoms with van der Waals surface area (Å²) in [6, 6.07) is 6.52. The molecular weight excluding hydrogens is 260 g/mol. The summed E-state index contributed by atoms with van der Waals surface area (Å²) in [5.74, 6) is -0.279. The SMILES string of the molecule is CN(c1ccc(C(=O)O)cc1)c1cncc2nnnn12. The zero-order valence-electron chi connectivity index (χ0n) is 10.5. The summed E-state index contributed by atoms with van der Waals surface area (Å²) in [5.41, 5.74) is 1.58. The van der Waals surface area contributed by atoms with Crippen molar-refractivity contribution in [3.63, 3.8) is 0 Å². The molecule has 0 unspecified atom stereocenters. The first-order valence-electron chi connectivity index (χ1n) is 5.76. The first-order chi connectivity index (χ1) is 9.66. The predicted octanol–water partition coefficient (Wildman–Crippen LogP) is 0.985. The summed E-state index contributed by atoms with van der Waals surface area (Å²) in [6.07, 6.45) is 3.19. The number of fused-ring (bicyclic) bond motifs is 1. The van der Waals surface area contributed by atoms with E-state index < -0.39 is 5.97 Å². The molecule has 0 fully saturated rings. The molecule has 0 bridgehead atoms. The zero-order chi connectivity index (χ0) is 14.1. The molecule has 0 aliphatic rings. The zero-order valence-corrected chi connectivity index (χ0v) is 10.5. The van der Waals surface area contributed by atoms with Crippen molar-refractivity contribution in [2.24, 2.45) is 0 Å². The van der Waals surface area contributed by atoms with Gasteiger partial charge in [-0.15, -0.1) is 5.10 Å². The van der Waals surface area contributed by atoms with Gasteiger partial charge in [-0.3, -0.25) is 4.98 Å². The lowest BCUT2D eigenvalue weighted by molar-refractivity contribution is 0.0697. The van der Waals surface area contributed by atoms with Gasteiger partial charge in [-0.2, -0.15) is 4.52 Å². The summed E-state index contributed by atoms with van der Waals surface area (Å²) in [7, 11) is 1.83. The van der Waals surface area contributed by atoms with E-state index in [1.807, 2.05) is 11.9 Å². The van der Waals surface area contributed by atoms with Gasteiger partial charge in [0.2, 0.25) is 0 Å². The van der Waals surface area contributed by atoms with Crippen molar-refractivity contribution in [2.45, 2.75) is 0 Å². The summed E-state index contributed by atoms with van der Waals surface area (Å²) in [5, 5.41) is 20.2. The maximum absolute atomic E-state index is 10.8. The van der Waals surface area contributed by atoms with Crippen LogP contribution < -0.4 is 4.90 Å². The summed E-state index contributed by atoms with van der Waals surface area (Å²) in [6.45, 7) is 0. The van der Waals surface area contributed by atoms with Crippen molar-refractivity contribution >= 4 is 23.1 Å². The second kappa shape index (κ2) is 4.57. The first kappa shape index (κ1) is 12.0. The van der Waals surface area contributed by atoms with Gasteiger partial charge in [-0.1, -0.05) is 0 Å². The molecule has 0 aliphatic carbocycles. The van der Waals surface area contributed by atoms with Crippen molar-refractivity contribution < 1.29 is 9.90 Å². The van der Waals surface area contributed by atoms with Gasteiger partial charge in [0.15, 0.2) is 11.5 Å². The van der Waals surface area contributed by atoms with Crippen molar-refractivity contribution in [3.8, 4) is 0 Å². The number of carboxylic acids is 1. The van der Waals surface area contributed by atoms with Gasteiger partial charge in [-0.25, -0.2) is 4.79 Å². The van der Waals surface area contributed by atoms with Crippen LogP contribution in [-0.2, 0) is 0 Å². The van der Waals surface area contributed by atoms with E-state index in [4.69, 9.17) is 5.11 Å². The minimum atomic E-state index is -0.955. The maximum Gasteiger partial charge on any atom is 0.335 e. The Bertz CT molecular complexity index is 767. The summed E-state index contributed by atoms with van der Waals surface area (Å²) < 4.78 is 1.55. The quantitative estimate of drug-likeness (QED) is 0.757. The average molecular weight is 270 g/mol. The second-order valence-electron chi connectivity index (χ2n) is 4.13. The number of nitrogens with zero attached hydrogens (tertiary/aromatic N) is 6. The summed E-state index contributed by atoms with van der Waals surface area (Å²) in [4.78, 5) is 16.7. The molecule has 0 saturated carbocycles. The topological polar surface area (TPSA) is 96.5 Å². The van der Waals surface area contributed by atoms with Gasteiger partial charge in [0.1, 0.15) is 0 Å². The molecule has 0 amide bonds. The number of benzene rings is 1. The fraction of sp³-hybridized carbons (Fsp3) is 0.0833. The smallest absolute Gasteiger partial charge is 0.335 e. The molecule has 0 saturated heterocycles. The number of aromatic nitrogens is 5. The predicted molar refractivity (Wildman–Crippen MR) is 70.0 cm³/mol. The van der Waals surface area contributed by atoms with E-state index in [0.29, 0.717) is 11.5 Å². The molecule has 8 nitrogen and oxygen atoms in total. The van der Waals surface area contributed by atoms with Crippen LogP contribution in [0.5, 0.6) is 0 Å². The van der Waals surface area contributed by atoms with Gasteiger partial charge in [0.05, 0.1) is 18.0 Å². The highest BCUT2D eigenvalue weighted by Crippen LogP contribution is 2.22. The third-order valence-electron chi connectivity index (χ3n) is 2.94. The van der Waals surface area contributed by atoms with E-state index in [1.54, 1.807) is 41.2 Å². The fourth-order valence-corrected chi connectivity index (χ4v) is 1.85. The molecule has 3 aromatic rings. The van der Waals surface area contributed by atoms with E-state index in [2.05, 4.69) is 20.5 Å². The molecule has 3 rings (SSSR count). The molecule has 100 valence electrons. The number of rotatable bonds is 3. The van der Waals surface area contributed by atoms with Crippen molar-refractivity contribution in [3.05, 3.63) is 42.2 Å². The van der Waals surface area contributed by atoms with Crippen molar-refractivity contribution in [2.75, 3.05) is 11.9 Å². The molecule has 0 aliphatic heterocycles. The van der Waals surface area contributed by atoms with Crippen LogP contribution in [0.2, 0.25) is 0 Å².